The van der Waals surface area contributed by atoms with E-state index < -0.39 is 11.7 Å². The van der Waals surface area contributed by atoms with Gasteiger partial charge in [-0.2, -0.15) is 5.10 Å². The summed E-state index contributed by atoms with van der Waals surface area (Å²) in [6.07, 6.45) is 6.49. The average molecular weight is 366 g/mol. The predicted octanol–water partition coefficient (Wildman–Crippen LogP) is 2.41. The zero-order chi connectivity index (χ0) is 18.8. The Hall–Kier alpha value is -4.08. The van der Waals surface area contributed by atoms with Gasteiger partial charge in [-0.15, -0.1) is 0 Å². The quantitative estimate of drug-likeness (QED) is 0.570. The Morgan fingerprint density at radius 3 is 2.81 bits per heavy atom. The number of halogens is 1. The van der Waals surface area contributed by atoms with Crippen LogP contribution in [-0.4, -0.2) is 35.6 Å². The van der Waals surface area contributed by atoms with Crippen molar-refractivity contribution in [3.63, 3.8) is 0 Å². The van der Waals surface area contributed by atoms with Crippen LogP contribution in [0, 0.1) is 5.82 Å². The third kappa shape index (κ3) is 3.49. The molecule has 0 aromatic carbocycles. The molecule has 0 aliphatic heterocycles. The van der Waals surface area contributed by atoms with Gasteiger partial charge in [0.1, 0.15) is 35.2 Å². The number of nitrogens with zero attached hydrogens (tertiary/aromatic N) is 5. The number of hydrogen-bond donors (Lipinski definition) is 2. The van der Waals surface area contributed by atoms with Crippen LogP contribution in [0.15, 0.2) is 55.4 Å². The Morgan fingerprint density at radius 1 is 1.15 bits per heavy atom. The lowest BCUT2D eigenvalue weighted by molar-refractivity contribution is 0.102. The van der Waals surface area contributed by atoms with Crippen molar-refractivity contribution < 1.29 is 19.0 Å². The lowest BCUT2D eigenvalue weighted by Gasteiger charge is -2.09. The lowest BCUT2D eigenvalue weighted by Crippen LogP contribution is -2.15. The van der Waals surface area contributed by atoms with E-state index in [0.717, 1.165) is 6.20 Å². The Morgan fingerprint density at radius 2 is 2.04 bits per heavy atom. The Balaban J connectivity index is 1.67. The molecule has 0 aliphatic carbocycles. The first-order valence-corrected chi connectivity index (χ1v) is 7.67. The van der Waals surface area contributed by atoms with E-state index in [1.165, 1.54) is 53.7 Å². The maximum Gasteiger partial charge on any atom is 0.260 e. The van der Waals surface area contributed by atoms with Crippen molar-refractivity contribution in [2.75, 3.05) is 5.32 Å². The van der Waals surface area contributed by atoms with Gasteiger partial charge in [0.25, 0.3) is 5.91 Å². The molecule has 0 atom stereocenters. The van der Waals surface area contributed by atoms with Crippen molar-refractivity contribution in [1.82, 2.24) is 24.6 Å². The van der Waals surface area contributed by atoms with Crippen LogP contribution < -0.4 is 10.1 Å². The van der Waals surface area contributed by atoms with Crippen molar-refractivity contribution in [1.29, 1.82) is 0 Å². The fourth-order valence-corrected chi connectivity index (χ4v) is 2.36. The van der Waals surface area contributed by atoms with Gasteiger partial charge in [-0.05, 0) is 18.2 Å². The largest absolute Gasteiger partial charge is 0.506 e. The standard InChI is InChI=1S/C17H11FN6O3/c18-10-1-2-15(20-5-10)23-17(26)14-4-13(8-24-16(14)21-9-22-24)27-12-3-11(25)6-19-7-12/h1-9,25H,(H,20,23,26). The van der Waals surface area contributed by atoms with E-state index in [1.807, 2.05) is 0 Å². The highest BCUT2D eigenvalue weighted by Gasteiger charge is 2.16. The molecule has 0 bridgehead atoms. The number of nitrogens with one attached hydrogen (secondary N) is 1. The molecule has 0 spiro atoms. The molecule has 4 rings (SSSR count). The van der Waals surface area contributed by atoms with Crippen LogP contribution in [0.5, 0.6) is 17.2 Å². The van der Waals surface area contributed by atoms with Crippen molar-refractivity contribution in [2.45, 2.75) is 0 Å². The number of amides is 1. The molecular weight excluding hydrogens is 355 g/mol. The summed E-state index contributed by atoms with van der Waals surface area (Å²) in [5.41, 5.74) is 0.472. The van der Waals surface area contributed by atoms with Gasteiger partial charge in [0.15, 0.2) is 5.65 Å². The van der Waals surface area contributed by atoms with E-state index in [9.17, 15) is 14.3 Å². The van der Waals surface area contributed by atoms with E-state index in [0.29, 0.717) is 5.65 Å². The SMILES string of the molecule is O=C(Nc1ccc(F)cn1)c1cc(Oc2cncc(O)c2)cn2ncnc12. The van der Waals surface area contributed by atoms with Crippen LogP contribution in [0.2, 0.25) is 0 Å². The summed E-state index contributed by atoms with van der Waals surface area (Å²) in [5.74, 6) is -0.356. The average Bonchev–Trinajstić information content (AvgIpc) is 3.11. The lowest BCUT2D eigenvalue weighted by atomic mass is 10.2. The van der Waals surface area contributed by atoms with Gasteiger partial charge in [0, 0.05) is 6.07 Å². The molecule has 10 heteroatoms. The van der Waals surface area contributed by atoms with Gasteiger partial charge in [-0.3, -0.25) is 9.78 Å². The molecule has 4 aromatic heterocycles. The number of aromatic nitrogens is 5. The third-order valence-corrected chi connectivity index (χ3v) is 3.50. The van der Waals surface area contributed by atoms with Crippen LogP contribution in [0.3, 0.4) is 0 Å². The summed E-state index contributed by atoms with van der Waals surface area (Å²) < 4.78 is 20.0. The second-order valence-corrected chi connectivity index (χ2v) is 5.41. The number of carbonyl (C=O) groups excluding carboxylic acids is 1. The molecule has 1 amide bonds. The summed E-state index contributed by atoms with van der Waals surface area (Å²) in [4.78, 5) is 24.3. The van der Waals surface area contributed by atoms with Crippen molar-refractivity contribution in [3.05, 3.63) is 66.8 Å². The molecule has 9 nitrogen and oxygen atoms in total. The van der Waals surface area contributed by atoms with Gasteiger partial charge in [0.2, 0.25) is 0 Å². The summed E-state index contributed by atoms with van der Waals surface area (Å²) in [6.45, 7) is 0. The van der Waals surface area contributed by atoms with E-state index >= 15 is 0 Å². The summed E-state index contributed by atoms with van der Waals surface area (Å²) in [7, 11) is 0. The smallest absolute Gasteiger partial charge is 0.260 e. The summed E-state index contributed by atoms with van der Waals surface area (Å²) in [5, 5.41) is 16.1. The molecule has 4 heterocycles. The molecule has 0 saturated carbocycles. The molecule has 2 N–H and O–H groups in total. The number of anilines is 1. The molecule has 0 fully saturated rings. The van der Waals surface area contributed by atoms with Gasteiger partial charge >= 0.3 is 0 Å². The second kappa shape index (κ2) is 6.67. The first kappa shape index (κ1) is 16.4. The highest BCUT2D eigenvalue weighted by molar-refractivity contribution is 6.08. The Labute approximate surface area is 151 Å². The van der Waals surface area contributed by atoms with E-state index in [-0.39, 0.29) is 28.6 Å². The topological polar surface area (TPSA) is 115 Å². The molecular formula is C17H11FN6O3. The second-order valence-electron chi connectivity index (χ2n) is 5.41. The highest BCUT2D eigenvalue weighted by atomic mass is 19.1. The minimum absolute atomic E-state index is 0.0605. The number of aromatic hydroxyl groups is 1. The fraction of sp³-hybridized carbons (Fsp3) is 0. The molecule has 0 radical (unpaired) electrons. The third-order valence-electron chi connectivity index (χ3n) is 3.50. The highest BCUT2D eigenvalue weighted by Crippen LogP contribution is 2.25. The van der Waals surface area contributed by atoms with Crippen LogP contribution in [0.1, 0.15) is 10.4 Å². The number of hydrogen-bond acceptors (Lipinski definition) is 7. The monoisotopic (exact) mass is 366 g/mol. The van der Waals surface area contributed by atoms with Gasteiger partial charge in [0.05, 0.1) is 30.4 Å². The van der Waals surface area contributed by atoms with Crippen LogP contribution >= 0.6 is 0 Å². The normalized spacial score (nSPS) is 10.7. The Bertz CT molecular complexity index is 1130. The molecule has 0 saturated heterocycles. The van der Waals surface area contributed by atoms with Gasteiger partial charge in [-0.25, -0.2) is 18.9 Å². The van der Waals surface area contributed by atoms with Gasteiger partial charge < -0.3 is 15.2 Å². The van der Waals surface area contributed by atoms with Crippen molar-refractivity contribution >= 4 is 17.4 Å². The van der Waals surface area contributed by atoms with Crippen LogP contribution in [0.4, 0.5) is 10.2 Å². The molecule has 4 aromatic rings. The van der Waals surface area contributed by atoms with Crippen LogP contribution in [-0.2, 0) is 0 Å². The summed E-state index contributed by atoms with van der Waals surface area (Å²) >= 11 is 0. The van der Waals surface area contributed by atoms with E-state index in [4.69, 9.17) is 4.74 Å². The number of fused-ring (bicyclic) bond motifs is 1. The Kier molecular flexibility index (Phi) is 4.05. The van der Waals surface area contributed by atoms with Crippen molar-refractivity contribution in [3.8, 4) is 17.2 Å². The molecule has 0 unspecified atom stereocenters. The molecule has 134 valence electrons. The predicted molar refractivity (Wildman–Crippen MR) is 91.1 cm³/mol. The maximum atomic E-state index is 13.0. The fourth-order valence-electron chi connectivity index (χ4n) is 2.36. The number of ether oxygens (including phenoxy) is 1. The first-order chi connectivity index (χ1) is 13.1. The van der Waals surface area contributed by atoms with Crippen molar-refractivity contribution in [2.24, 2.45) is 0 Å². The summed E-state index contributed by atoms with van der Waals surface area (Å²) in [6, 6.07) is 5.37. The van der Waals surface area contributed by atoms with E-state index in [2.05, 4.69) is 25.4 Å². The first-order valence-electron chi connectivity index (χ1n) is 7.67. The minimum Gasteiger partial charge on any atom is -0.506 e. The molecule has 27 heavy (non-hydrogen) atoms. The number of rotatable bonds is 4. The minimum atomic E-state index is -0.522. The molecule has 0 aliphatic rings. The number of carbonyl (C=O) groups is 1. The zero-order valence-electron chi connectivity index (χ0n) is 13.6. The van der Waals surface area contributed by atoms with Crippen LogP contribution in [0.25, 0.3) is 5.65 Å². The van der Waals surface area contributed by atoms with Gasteiger partial charge in [-0.1, -0.05) is 0 Å². The number of pyridine rings is 3. The maximum absolute atomic E-state index is 13.0. The zero-order valence-corrected chi connectivity index (χ0v) is 13.6. The van der Waals surface area contributed by atoms with E-state index in [1.54, 1.807) is 0 Å².